The van der Waals surface area contributed by atoms with Gasteiger partial charge >= 0.3 is 0 Å². The summed E-state index contributed by atoms with van der Waals surface area (Å²) in [5, 5.41) is 18.4. The molecule has 17 aromatic carbocycles. The van der Waals surface area contributed by atoms with Crippen LogP contribution in [0.3, 0.4) is 0 Å². The fraction of sp³-hybridized carbons (Fsp3) is 0.0893. The average molecular weight is 1620 g/mol. The Morgan fingerprint density at radius 2 is 0.471 bits per heavy atom. The molecule has 0 saturated carbocycles. The van der Waals surface area contributed by atoms with E-state index in [9.17, 15) is 0 Å². The van der Waals surface area contributed by atoms with E-state index in [1.54, 1.807) is 0 Å². The lowest BCUT2D eigenvalue weighted by molar-refractivity contribution is 0.668. The first-order valence-corrected chi connectivity index (χ1v) is 43.6. The second-order valence-corrected chi connectivity index (χ2v) is 34.3. The minimum Gasteiger partial charge on any atom is -0.456 e. The molecular formula is C112H94O3S4. The highest BCUT2D eigenvalue weighted by atomic mass is 32.1. The number of fused-ring (bicyclic) bond motifs is 21. The molecule has 0 N–H and O–H groups in total. The molecule has 119 heavy (non-hydrogen) atoms. The molecule has 0 spiro atoms. The van der Waals surface area contributed by atoms with Gasteiger partial charge in [-0.3, -0.25) is 0 Å². The number of aryl methyl sites for hydroxylation is 10. The monoisotopic (exact) mass is 1610 g/mol. The van der Waals surface area contributed by atoms with E-state index in [4.69, 9.17) is 13.3 Å². The van der Waals surface area contributed by atoms with Gasteiger partial charge in [-0.1, -0.05) is 325 Å². The van der Waals surface area contributed by atoms with Crippen molar-refractivity contribution >= 4 is 192 Å². The fourth-order valence-electron chi connectivity index (χ4n) is 14.7. The quantitative estimate of drug-likeness (QED) is 0.152. The maximum absolute atomic E-state index is 5.73. The van der Waals surface area contributed by atoms with E-state index in [1.165, 1.54) is 169 Å². The average Bonchev–Trinajstić information content (AvgIpc) is 1.79. The molecule has 7 aromatic heterocycles. The molecule has 0 amide bonds. The smallest absolute Gasteiger partial charge is 0.135 e. The van der Waals surface area contributed by atoms with Crippen LogP contribution in [0.1, 0.15) is 55.6 Å². The zero-order valence-electron chi connectivity index (χ0n) is 68.8. The van der Waals surface area contributed by atoms with Gasteiger partial charge in [0, 0.05) is 113 Å². The molecule has 0 aliphatic heterocycles. The SMILES string of the molecule is Cc1ccc2c(c1)oc1ccccc12.Cc1ccc2c(c1)sc1ccccc12.Cc1ccc2oc3ccccc3c2c1.Cc1ccc2sc3ccccc3c2c1.Cc1cccc2c1sc1ccccc12.Cc1cccc2oc3ccccc3c12.Cc1cccc2sc3ccccc3c12.Cc1ccccc1.Cc1ccccc1.Cc1ccccc1. The Hall–Kier alpha value is -13.0. The van der Waals surface area contributed by atoms with Crippen LogP contribution in [0.25, 0.3) is 147 Å². The van der Waals surface area contributed by atoms with Crippen molar-refractivity contribution < 1.29 is 13.3 Å². The first-order chi connectivity index (χ1) is 58.1. The second kappa shape index (κ2) is 38.4. The molecule has 0 atom stereocenters. The summed E-state index contributed by atoms with van der Waals surface area (Å²) < 4.78 is 28.3. The van der Waals surface area contributed by atoms with Gasteiger partial charge in [-0.15, -0.1) is 45.3 Å². The van der Waals surface area contributed by atoms with Gasteiger partial charge in [0.25, 0.3) is 0 Å². The lowest BCUT2D eigenvalue weighted by Gasteiger charge is -1.95. The summed E-state index contributed by atoms with van der Waals surface area (Å²) >= 11 is 7.51. The summed E-state index contributed by atoms with van der Waals surface area (Å²) in [5.41, 5.74) is 19.0. The molecule has 0 saturated heterocycles. The maximum Gasteiger partial charge on any atom is 0.135 e. The summed E-state index contributed by atoms with van der Waals surface area (Å²) in [6.45, 7) is 21.2. The van der Waals surface area contributed by atoms with Crippen LogP contribution in [0.15, 0.2) is 401 Å². The van der Waals surface area contributed by atoms with Crippen molar-refractivity contribution in [2.45, 2.75) is 69.2 Å². The van der Waals surface area contributed by atoms with Crippen molar-refractivity contribution in [2.75, 3.05) is 0 Å². The summed E-state index contributed by atoms with van der Waals surface area (Å²) in [6.07, 6.45) is 0. The second-order valence-electron chi connectivity index (χ2n) is 30.0. The number of benzene rings is 17. The van der Waals surface area contributed by atoms with Crippen LogP contribution >= 0.6 is 45.3 Å². The Balaban J connectivity index is 0.000000104. The van der Waals surface area contributed by atoms with E-state index in [0.717, 1.165) is 33.5 Å². The maximum atomic E-state index is 5.73. The van der Waals surface area contributed by atoms with Crippen molar-refractivity contribution in [1.82, 2.24) is 0 Å². The largest absolute Gasteiger partial charge is 0.456 e. The third-order valence-corrected chi connectivity index (χ3v) is 25.5. The highest BCUT2D eigenvalue weighted by Crippen LogP contribution is 2.40. The molecule has 584 valence electrons. The lowest BCUT2D eigenvalue weighted by atomic mass is 10.1. The summed E-state index contributed by atoms with van der Waals surface area (Å²) in [5.74, 6) is 0. The summed E-state index contributed by atoms with van der Waals surface area (Å²) in [4.78, 5) is 0. The van der Waals surface area contributed by atoms with Crippen molar-refractivity contribution in [3.63, 3.8) is 0 Å². The molecule has 3 nitrogen and oxygen atoms in total. The highest BCUT2D eigenvalue weighted by molar-refractivity contribution is 7.27. The molecule has 24 rings (SSSR count). The first kappa shape index (κ1) is 81.2. The van der Waals surface area contributed by atoms with Crippen molar-refractivity contribution in [3.05, 3.63) is 444 Å². The molecule has 7 heterocycles. The fourth-order valence-corrected chi connectivity index (χ4v) is 19.4. The van der Waals surface area contributed by atoms with E-state index in [0.29, 0.717) is 0 Å². The van der Waals surface area contributed by atoms with Crippen molar-refractivity contribution in [3.8, 4) is 0 Å². The van der Waals surface area contributed by atoms with Crippen molar-refractivity contribution in [1.29, 1.82) is 0 Å². The van der Waals surface area contributed by atoms with Gasteiger partial charge in [0.1, 0.15) is 33.5 Å². The Morgan fingerprint density at radius 1 is 0.151 bits per heavy atom. The molecule has 0 aliphatic carbocycles. The van der Waals surface area contributed by atoms with Crippen LogP contribution in [0.2, 0.25) is 0 Å². The van der Waals surface area contributed by atoms with Crippen LogP contribution in [0, 0.1) is 69.2 Å². The Kier molecular flexibility index (Phi) is 26.2. The van der Waals surface area contributed by atoms with Gasteiger partial charge < -0.3 is 13.3 Å². The van der Waals surface area contributed by atoms with E-state index in [-0.39, 0.29) is 0 Å². The Bertz CT molecular complexity index is 7030. The Labute approximate surface area is 712 Å². The Morgan fingerprint density at radius 3 is 1.05 bits per heavy atom. The molecule has 0 fully saturated rings. The summed E-state index contributed by atoms with van der Waals surface area (Å²) in [7, 11) is 0. The highest BCUT2D eigenvalue weighted by Gasteiger charge is 2.12. The number of thiophene rings is 4. The molecule has 0 unspecified atom stereocenters. The topological polar surface area (TPSA) is 39.4 Å². The standard InChI is InChI=1S/3C13H10O.4C13H10S.3C7H8/c1-9-5-4-8-12-13(9)10-6-2-3-7-11(10)14-12;1-9-6-7-13-11(8-9)10-4-2-3-5-12(10)14-13;1-9-6-7-11-10-4-2-3-5-12(10)14-13(11)8-9;1-9-5-4-7-11-10-6-2-3-8-12(10)14-13(9)11;1-9-5-4-8-12-13(9)10-6-2-3-7-11(10)14-12;1-9-6-7-13-11(8-9)10-4-2-3-5-12(10)14-13;1-9-6-7-11-10-4-2-3-5-12(10)14-13(11)8-9;3*1-7-5-3-2-4-6-7/h7*2-8H,1H3;3*2-6H,1H3. The normalized spacial score (nSPS) is 10.8. The van der Waals surface area contributed by atoms with E-state index >= 15 is 0 Å². The summed E-state index contributed by atoms with van der Waals surface area (Å²) in [6, 6.07) is 135. The third kappa shape index (κ3) is 19.7. The predicted molar refractivity (Wildman–Crippen MR) is 525 cm³/mol. The van der Waals surface area contributed by atoms with Crippen LogP contribution in [-0.4, -0.2) is 0 Å². The van der Waals surface area contributed by atoms with Gasteiger partial charge in [0.15, 0.2) is 0 Å². The molecule has 0 aliphatic rings. The van der Waals surface area contributed by atoms with Gasteiger partial charge in [0.2, 0.25) is 0 Å². The number of hydrogen-bond donors (Lipinski definition) is 0. The van der Waals surface area contributed by atoms with E-state index in [1.807, 2.05) is 173 Å². The molecule has 7 heteroatoms. The van der Waals surface area contributed by atoms with Crippen LogP contribution in [0.4, 0.5) is 0 Å². The van der Waals surface area contributed by atoms with E-state index in [2.05, 4.69) is 330 Å². The first-order valence-electron chi connectivity index (χ1n) is 40.3. The number of para-hydroxylation sites is 3. The van der Waals surface area contributed by atoms with Gasteiger partial charge in [-0.25, -0.2) is 0 Å². The van der Waals surface area contributed by atoms with E-state index < -0.39 is 0 Å². The number of furan rings is 3. The zero-order valence-corrected chi connectivity index (χ0v) is 72.1. The minimum absolute atomic E-state index is 0.966. The molecule has 0 bridgehead atoms. The molecular weight excluding hydrogens is 1520 g/mol. The lowest BCUT2D eigenvalue weighted by Crippen LogP contribution is -1.72. The number of rotatable bonds is 0. The third-order valence-electron chi connectivity index (χ3n) is 20.8. The van der Waals surface area contributed by atoms with Crippen molar-refractivity contribution in [2.24, 2.45) is 0 Å². The molecule has 24 aromatic rings. The molecule has 0 radical (unpaired) electrons. The van der Waals surface area contributed by atoms with Crippen LogP contribution < -0.4 is 0 Å². The van der Waals surface area contributed by atoms with Crippen LogP contribution in [-0.2, 0) is 0 Å². The van der Waals surface area contributed by atoms with Gasteiger partial charge in [-0.05, 0) is 188 Å². The number of hydrogen-bond acceptors (Lipinski definition) is 7. The predicted octanol–water partition coefficient (Wildman–Crippen LogP) is 35.1. The van der Waals surface area contributed by atoms with Crippen LogP contribution in [0.5, 0.6) is 0 Å². The van der Waals surface area contributed by atoms with Gasteiger partial charge in [0.05, 0.1) is 0 Å². The zero-order chi connectivity index (χ0) is 82.1. The van der Waals surface area contributed by atoms with Gasteiger partial charge in [-0.2, -0.15) is 0 Å². The minimum atomic E-state index is 0.966.